The molecule has 0 fully saturated rings. The Morgan fingerprint density at radius 3 is 2.85 bits per heavy atom. The second-order valence-corrected chi connectivity index (χ2v) is 4.92. The zero-order chi connectivity index (χ0) is 9.59. The Hall–Kier alpha value is -0.610. The van der Waals surface area contributed by atoms with E-state index in [0.717, 1.165) is 9.99 Å². The third kappa shape index (κ3) is 1.34. The number of nitrogens with two attached hydrogens (primary N) is 1. The molecule has 1 heterocycles. The van der Waals surface area contributed by atoms with Crippen LogP contribution in [0.4, 0.5) is 5.13 Å². The van der Waals surface area contributed by atoms with E-state index in [2.05, 4.69) is 33.9 Å². The number of anilines is 1. The average molecular weight is 257 g/mol. The molecule has 0 saturated carbocycles. The zero-order valence-corrected chi connectivity index (χ0v) is 9.79. The van der Waals surface area contributed by atoms with Crippen molar-refractivity contribution >= 4 is 42.6 Å². The van der Waals surface area contributed by atoms with Crippen molar-refractivity contribution in [3.63, 3.8) is 0 Å². The average Bonchev–Trinajstić information content (AvgIpc) is 2.44. The normalized spacial score (nSPS) is 11.0. The van der Waals surface area contributed by atoms with E-state index in [1.54, 1.807) is 11.3 Å². The number of aromatic nitrogens is 1. The summed E-state index contributed by atoms with van der Waals surface area (Å²) in [5, 5.41) is 0.638. The first-order valence-corrected chi connectivity index (χ1v) is 5.52. The number of thiazole rings is 1. The first-order chi connectivity index (χ1) is 6.09. The van der Waals surface area contributed by atoms with Gasteiger partial charge in [0.1, 0.15) is 0 Å². The van der Waals surface area contributed by atoms with Gasteiger partial charge in [-0.25, -0.2) is 4.98 Å². The quantitative estimate of drug-likeness (QED) is 0.786. The minimum absolute atomic E-state index is 0.638. The van der Waals surface area contributed by atoms with Gasteiger partial charge in [-0.1, -0.05) is 27.3 Å². The molecule has 13 heavy (non-hydrogen) atoms. The first kappa shape index (κ1) is 8.97. The number of rotatable bonds is 0. The van der Waals surface area contributed by atoms with Crippen LogP contribution in [0.5, 0.6) is 0 Å². The highest BCUT2D eigenvalue weighted by Gasteiger charge is 2.09. The fourth-order valence-corrected chi connectivity index (χ4v) is 2.92. The van der Waals surface area contributed by atoms with Crippen LogP contribution in [-0.2, 0) is 0 Å². The number of halogens is 1. The van der Waals surface area contributed by atoms with Crippen molar-refractivity contribution in [3.05, 3.63) is 21.7 Å². The smallest absolute Gasteiger partial charge is 0.181 e. The van der Waals surface area contributed by atoms with Gasteiger partial charge < -0.3 is 5.73 Å². The maximum Gasteiger partial charge on any atom is 0.181 e. The standard InChI is InChI=1S/C9H9BrN2S/c1-4-3-6(10)5(2)8-7(4)12-9(11)13-8/h3H,1-2H3,(H2,11,12). The van der Waals surface area contributed by atoms with Crippen LogP contribution in [0.2, 0.25) is 0 Å². The molecular formula is C9H9BrN2S. The van der Waals surface area contributed by atoms with E-state index in [-0.39, 0.29) is 0 Å². The van der Waals surface area contributed by atoms with Gasteiger partial charge in [0.05, 0.1) is 10.2 Å². The van der Waals surface area contributed by atoms with E-state index in [1.807, 2.05) is 6.92 Å². The minimum Gasteiger partial charge on any atom is -0.375 e. The van der Waals surface area contributed by atoms with Gasteiger partial charge in [0.2, 0.25) is 0 Å². The maximum absolute atomic E-state index is 5.67. The van der Waals surface area contributed by atoms with Crippen molar-refractivity contribution in [1.29, 1.82) is 0 Å². The number of benzene rings is 1. The van der Waals surface area contributed by atoms with Gasteiger partial charge in [0.15, 0.2) is 5.13 Å². The number of hydrogen-bond acceptors (Lipinski definition) is 3. The van der Waals surface area contributed by atoms with Gasteiger partial charge in [-0.2, -0.15) is 0 Å². The SMILES string of the molecule is Cc1cc(Br)c(C)c2sc(N)nc12. The number of nitrogen functional groups attached to an aromatic ring is 1. The monoisotopic (exact) mass is 256 g/mol. The molecule has 2 N–H and O–H groups in total. The Balaban J connectivity index is 2.95. The van der Waals surface area contributed by atoms with Crippen molar-refractivity contribution < 1.29 is 0 Å². The van der Waals surface area contributed by atoms with Crippen LogP contribution < -0.4 is 5.73 Å². The lowest BCUT2D eigenvalue weighted by Gasteiger charge is -2.01. The van der Waals surface area contributed by atoms with Crippen LogP contribution in [0.15, 0.2) is 10.5 Å². The van der Waals surface area contributed by atoms with E-state index in [0.29, 0.717) is 5.13 Å². The van der Waals surface area contributed by atoms with E-state index in [1.165, 1.54) is 15.8 Å². The summed E-state index contributed by atoms with van der Waals surface area (Å²) < 4.78 is 2.31. The van der Waals surface area contributed by atoms with Gasteiger partial charge in [0.25, 0.3) is 0 Å². The maximum atomic E-state index is 5.67. The third-order valence-electron chi connectivity index (χ3n) is 2.06. The summed E-state index contributed by atoms with van der Waals surface area (Å²) in [5.41, 5.74) is 9.09. The number of hydrogen-bond donors (Lipinski definition) is 1. The zero-order valence-electron chi connectivity index (χ0n) is 7.39. The number of aryl methyl sites for hydroxylation is 2. The lowest BCUT2D eigenvalue weighted by Crippen LogP contribution is -1.83. The molecule has 0 unspecified atom stereocenters. The fraction of sp³-hybridized carbons (Fsp3) is 0.222. The van der Waals surface area contributed by atoms with Gasteiger partial charge in [-0.15, -0.1) is 0 Å². The minimum atomic E-state index is 0.638. The molecule has 0 amide bonds. The molecule has 1 aromatic heterocycles. The second kappa shape index (κ2) is 2.96. The lowest BCUT2D eigenvalue weighted by atomic mass is 10.1. The van der Waals surface area contributed by atoms with Crippen molar-refractivity contribution in [2.75, 3.05) is 5.73 Å². The molecule has 0 spiro atoms. The Kier molecular flexibility index (Phi) is 2.04. The molecule has 0 bridgehead atoms. The van der Waals surface area contributed by atoms with Gasteiger partial charge in [-0.05, 0) is 31.0 Å². The van der Waals surface area contributed by atoms with E-state index in [9.17, 15) is 0 Å². The van der Waals surface area contributed by atoms with Crippen LogP contribution in [0, 0.1) is 13.8 Å². The third-order valence-corrected chi connectivity index (χ3v) is 3.89. The highest BCUT2D eigenvalue weighted by molar-refractivity contribution is 9.10. The van der Waals surface area contributed by atoms with E-state index >= 15 is 0 Å². The van der Waals surface area contributed by atoms with Gasteiger partial charge >= 0.3 is 0 Å². The van der Waals surface area contributed by atoms with Crippen molar-refractivity contribution in [1.82, 2.24) is 4.98 Å². The Morgan fingerprint density at radius 1 is 1.46 bits per heavy atom. The van der Waals surface area contributed by atoms with E-state index < -0.39 is 0 Å². The summed E-state index contributed by atoms with van der Waals surface area (Å²) in [6.45, 7) is 4.12. The Morgan fingerprint density at radius 2 is 2.15 bits per heavy atom. The molecule has 0 aliphatic carbocycles. The summed E-state index contributed by atoms with van der Waals surface area (Å²) in [6.07, 6.45) is 0. The van der Waals surface area contributed by atoms with Crippen LogP contribution >= 0.6 is 27.3 Å². The Bertz CT molecular complexity index is 476. The molecule has 0 aliphatic rings. The predicted molar refractivity (Wildman–Crippen MR) is 61.2 cm³/mol. The molecule has 0 radical (unpaired) electrons. The molecule has 4 heteroatoms. The molecule has 68 valence electrons. The molecule has 0 atom stereocenters. The molecule has 2 rings (SSSR count). The second-order valence-electron chi connectivity index (χ2n) is 3.03. The molecule has 0 saturated heterocycles. The largest absolute Gasteiger partial charge is 0.375 e. The lowest BCUT2D eigenvalue weighted by molar-refractivity contribution is 1.39. The van der Waals surface area contributed by atoms with Crippen LogP contribution in [0.3, 0.4) is 0 Å². The summed E-state index contributed by atoms with van der Waals surface area (Å²) in [4.78, 5) is 4.29. The predicted octanol–water partition coefficient (Wildman–Crippen LogP) is 3.26. The van der Waals surface area contributed by atoms with Gasteiger partial charge in [0, 0.05) is 4.47 Å². The molecule has 0 aliphatic heterocycles. The molecule has 1 aromatic carbocycles. The Labute approximate surface area is 88.9 Å². The van der Waals surface area contributed by atoms with Crippen LogP contribution in [0.25, 0.3) is 10.2 Å². The topological polar surface area (TPSA) is 38.9 Å². The van der Waals surface area contributed by atoms with Crippen LogP contribution in [0.1, 0.15) is 11.1 Å². The number of nitrogens with zero attached hydrogens (tertiary/aromatic N) is 1. The molecular weight excluding hydrogens is 248 g/mol. The van der Waals surface area contributed by atoms with Crippen molar-refractivity contribution in [2.24, 2.45) is 0 Å². The summed E-state index contributed by atoms with van der Waals surface area (Å²) >= 11 is 5.06. The number of fused-ring (bicyclic) bond motifs is 1. The fourth-order valence-electron chi connectivity index (χ4n) is 1.33. The summed E-state index contributed by atoms with van der Waals surface area (Å²) in [7, 11) is 0. The van der Waals surface area contributed by atoms with Crippen molar-refractivity contribution in [3.8, 4) is 0 Å². The molecule has 2 nitrogen and oxygen atoms in total. The van der Waals surface area contributed by atoms with Crippen LogP contribution in [-0.4, -0.2) is 4.98 Å². The first-order valence-electron chi connectivity index (χ1n) is 3.91. The highest BCUT2D eigenvalue weighted by atomic mass is 79.9. The van der Waals surface area contributed by atoms with E-state index in [4.69, 9.17) is 5.73 Å². The summed E-state index contributed by atoms with van der Waals surface area (Å²) in [5.74, 6) is 0. The van der Waals surface area contributed by atoms with Crippen molar-refractivity contribution in [2.45, 2.75) is 13.8 Å². The summed E-state index contributed by atoms with van der Waals surface area (Å²) in [6, 6.07) is 2.08. The van der Waals surface area contributed by atoms with Gasteiger partial charge in [-0.3, -0.25) is 0 Å². The highest BCUT2D eigenvalue weighted by Crippen LogP contribution is 2.33. The molecule has 2 aromatic rings.